The number of aromatic hydroxyl groups is 1. The number of rotatable bonds is 13. The number of hydrogen-bond donors (Lipinski definition) is 8. The standard InChI is InChI=1S/C19H25N5O9/c20-8-15(27)22-11(5-9-1-3-10(25)4-2-9)17(30)23-12(7-16(28)29)18(31)24-13(19(32)33)6-14(21)26/h1-4,11-13,25H,5-8,20H2,(H2,21,26)(H,22,27)(H,23,30)(H,24,31)(H,28,29)(H,32,33). The van der Waals surface area contributed by atoms with Crippen LogP contribution in [0.15, 0.2) is 24.3 Å². The van der Waals surface area contributed by atoms with Gasteiger partial charge in [0.1, 0.15) is 23.9 Å². The summed E-state index contributed by atoms with van der Waals surface area (Å²) in [5, 5.41) is 34.0. The normalized spacial score (nSPS) is 13.1. The molecule has 0 saturated heterocycles. The lowest BCUT2D eigenvalue weighted by molar-refractivity contribution is -0.144. The number of phenolic OH excluding ortho intramolecular Hbond substituents is 1. The molecule has 0 fully saturated rings. The maximum Gasteiger partial charge on any atom is 0.326 e. The molecule has 14 heteroatoms. The summed E-state index contributed by atoms with van der Waals surface area (Å²) in [5.41, 5.74) is 10.7. The maximum absolute atomic E-state index is 12.8. The second-order valence-corrected chi connectivity index (χ2v) is 6.92. The fraction of sp³-hybridized carbons (Fsp3) is 0.368. The highest BCUT2D eigenvalue weighted by atomic mass is 16.4. The zero-order valence-electron chi connectivity index (χ0n) is 17.3. The molecule has 4 amide bonds. The van der Waals surface area contributed by atoms with E-state index in [4.69, 9.17) is 21.7 Å². The van der Waals surface area contributed by atoms with E-state index in [0.29, 0.717) is 5.56 Å². The molecule has 3 unspecified atom stereocenters. The van der Waals surface area contributed by atoms with Gasteiger partial charge in [0.15, 0.2) is 0 Å². The lowest BCUT2D eigenvalue weighted by atomic mass is 10.0. The van der Waals surface area contributed by atoms with E-state index in [0.717, 1.165) is 0 Å². The van der Waals surface area contributed by atoms with Crippen molar-refractivity contribution in [1.82, 2.24) is 16.0 Å². The van der Waals surface area contributed by atoms with Crippen molar-refractivity contribution < 1.29 is 44.1 Å². The summed E-state index contributed by atoms with van der Waals surface area (Å²) >= 11 is 0. The monoisotopic (exact) mass is 467 g/mol. The van der Waals surface area contributed by atoms with Crippen LogP contribution in [-0.4, -0.2) is 75.6 Å². The highest BCUT2D eigenvalue weighted by Gasteiger charge is 2.31. The third kappa shape index (κ3) is 9.65. The molecule has 0 saturated carbocycles. The van der Waals surface area contributed by atoms with Gasteiger partial charge in [0, 0.05) is 6.42 Å². The number of carbonyl (C=O) groups is 6. The van der Waals surface area contributed by atoms with Crippen molar-refractivity contribution in [3.63, 3.8) is 0 Å². The molecule has 0 bridgehead atoms. The predicted molar refractivity (Wildman–Crippen MR) is 110 cm³/mol. The number of carbonyl (C=O) groups excluding carboxylic acids is 4. The largest absolute Gasteiger partial charge is 0.508 e. The van der Waals surface area contributed by atoms with Crippen molar-refractivity contribution in [2.24, 2.45) is 11.5 Å². The first-order valence-electron chi connectivity index (χ1n) is 9.53. The summed E-state index contributed by atoms with van der Waals surface area (Å²) in [6.07, 6.45) is -1.78. The predicted octanol–water partition coefficient (Wildman–Crippen LogP) is -3.22. The van der Waals surface area contributed by atoms with E-state index in [1.807, 2.05) is 5.32 Å². The first kappa shape index (κ1) is 26.8. The molecule has 1 rings (SSSR count). The summed E-state index contributed by atoms with van der Waals surface area (Å²) in [6, 6.07) is 0.895. The van der Waals surface area contributed by atoms with E-state index < -0.39 is 73.1 Å². The Bertz CT molecular complexity index is 903. The second-order valence-electron chi connectivity index (χ2n) is 6.92. The molecule has 0 aliphatic heterocycles. The molecule has 3 atom stereocenters. The maximum atomic E-state index is 12.8. The summed E-state index contributed by atoms with van der Waals surface area (Å²) in [4.78, 5) is 70.4. The minimum Gasteiger partial charge on any atom is -0.508 e. The lowest BCUT2D eigenvalue weighted by Crippen LogP contribution is -2.57. The number of aliphatic carboxylic acids is 2. The van der Waals surface area contributed by atoms with E-state index >= 15 is 0 Å². The van der Waals surface area contributed by atoms with Crippen LogP contribution < -0.4 is 27.4 Å². The Kier molecular flexibility index (Phi) is 10.3. The van der Waals surface area contributed by atoms with E-state index in [1.54, 1.807) is 0 Å². The number of carboxylic acids is 2. The number of nitrogens with two attached hydrogens (primary N) is 2. The number of amides is 4. The van der Waals surface area contributed by atoms with Crippen LogP contribution in [0.2, 0.25) is 0 Å². The van der Waals surface area contributed by atoms with E-state index in [-0.39, 0.29) is 12.2 Å². The van der Waals surface area contributed by atoms with Gasteiger partial charge in [-0.05, 0) is 17.7 Å². The van der Waals surface area contributed by atoms with Gasteiger partial charge >= 0.3 is 11.9 Å². The third-order valence-corrected chi connectivity index (χ3v) is 4.24. The number of hydrogen-bond acceptors (Lipinski definition) is 8. The summed E-state index contributed by atoms with van der Waals surface area (Å²) < 4.78 is 0. The minimum atomic E-state index is -1.74. The molecule has 1 aromatic carbocycles. The first-order chi connectivity index (χ1) is 15.4. The van der Waals surface area contributed by atoms with Crippen molar-refractivity contribution >= 4 is 35.6 Å². The SMILES string of the molecule is NCC(=O)NC(Cc1ccc(O)cc1)C(=O)NC(CC(=O)O)C(=O)NC(CC(N)=O)C(=O)O. The Labute approximate surface area is 187 Å². The van der Waals surface area contributed by atoms with Crippen LogP contribution in [0.5, 0.6) is 5.75 Å². The summed E-state index contributed by atoms with van der Waals surface area (Å²) in [6.45, 7) is -0.453. The molecule has 0 radical (unpaired) electrons. The zero-order valence-corrected chi connectivity index (χ0v) is 17.3. The van der Waals surface area contributed by atoms with Gasteiger partial charge < -0.3 is 42.7 Å². The van der Waals surface area contributed by atoms with Gasteiger partial charge in [-0.1, -0.05) is 12.1 Å². The smallest absolute Gasteiger partial charge is 0.326 e. The van der Waals surface area contributed by atoms with E-state index in [1.165, 1.54) is 24.3 Å². The van der Waals surface area contributed by atoms with E-state index in [2.05, 4.69) is 10.6 Å². The van der Waals surface area contributed by atoms with Gasteiger partial charge in [0.2, 0.25) is 23.6 Å². The Morgan fingerprint density at radius 1 is 0.818 bits per heavy atom. The van der Waals surface area contributed by atoms with Crippen LogP contribution in [0.1, 0.15) is 18.4 Å². The molecule has 0 aromatic heterocycles. The Morgan fingerprint density at radius 3 is 1.85 bits per heavy atom. The molecular formula is C19H25N5O9. The molecular weight excluding hydrogens is 442 g/mol. The fourth-order valence-corrected chi connectivity index (χ4v) is 2.66. The van der Waals surface area contributed by atoms with Crippen molar-refractivity contribution in [3.05, 3.63) is 29.8 Å². The van der Waals surface area contributed by atoms with Gasteiger partial charge in [-0.3, -0.25) is 24.0 Å². The van der Waals surface area contributed by atoms with Gasteiger partial charge in [0.25, 0.3) is 0 Å². The second kappa shape index (κ2) is 12.6. The minimum absolute atomic E-state index is 0.0344. The van der Waals surface area contributed by atoms with E-state index in [9.17, 15) is 33.9 Å². The molecule has 180 valence electrons. The number of benzene rings is 1. The van der Waals surface area contributed by atoms with Gasteiger partial charge in [-0.25, -0.2) is 4.79 Å². The third-order valence-electron chi connectivity index (χ3n) is 4.24. The highest BCUT2D eigenvalue weighted by molar-refractivity contribution is 5.96. The first-order valence-corrected chi connectivity index (χ1v) is 9.53. The fourth-order valence-electron chi connectivity index (χ4n) is 2.66. The number of nitrogens with one attached hydrogen (secondary N) is 3. The van der Waals surface area contributed by atoms with Crippen LogP contribution in [-0.2, 0) is 35.2 Å². The average molecular weight is 467 g/mol. The topological polar surface area (TPSA) is 251 Å². The molecule has 0 spiro atoms. The van der Waals surface area contributed by atoms with Crippen LogP contribution in [0.25, 0.3) is 0 Å². The molecule has 0 heterocycles. The van der Waals surface area contributed by atoms with Gasteiger partial charge in [-0.2, -0.15) is 0 Å². The molecule has 14 nitrogen and oxygen atoms in total. The Hall–Kier alpha value is -4.20. The molecule has 1 aromatic rings. The lowest BCUT2D eigenvalue weighted by Gasteiger charge is -2.23. The molecule has 0 aliphatic rings. The van der Waals surface area contributed by atoms with Crippen LogP contribution in [0.3, 0.4) is 0 Å². The van der Waals surface area contributed by atoms with Gasteiger partial charge in [-0.15, -0.1) is 0 Å². The Morgan fingerprint density at radius 2 is 1.36 bits per heavy atom. The highest BCUT2D eigenvalue weighted by Crippen LogP contribution is 2.12. The van der Waals surface area contributed by atoms with Crippen molar-refractivity contribution in [1.29, 1.82) is 0 Å². The van der Waals surface area contributed by atoms with Crippen molar-refractivity contribution in [2.45, 2.75) is 37.4 Å². The molecule has 33 heavy (non-hydrogen) atoms. The van der Waals surface area contributed by atoms with Crippen LogP contribution in [0.4, 0.5) is 0 Å². The van der Waals surface area contributed by atoms with Crippen LogP contribution in [0, 0.1) is 0 Å². The van der Waals surface area contributed by atoms with Crippen molar-refractivity contribution in [3.8, 4) is 5.75 Å². The van der Waals surface area contributed by atoms with Crippen LogP contribution >= 0.6 is 0 Å². The summed E-state index contributed by atoms with van der Waals surface area (Å²) in [5.74, 6) is -6.99. The Balaban J connectivity index is 3.06. The van der Waals surface area contributed by atoms with Crippen molar-refractivity contribution in [2.75, 3.05) is 6.54 Å². The number of phenols is 1. The molecule has 0 aliphatic carbocycles. The average Bonchev–Trinajstić information content (AvgIpc) is 2.72. The number of primary amides is 1. The zero-order chi connectivity index (χ0) is 25.1. The number of carboxylic acid groups (broad SMARTS) is 2. The molecule has 10 N–H and O–H groups in total. The summed E-state index contributed by atoms with van der Waals surface area (Å²) in [7, 11) is 0. The van der Waals surface area contributed by atoms with Gasteiger partial charge in [0.05, 0.1) is 19.4 Å². The quantitative estimate of drug-likeness (QED) is 0.144.